The Morgan fingerprint density at radius 2 is 2.10 bits per heavy atom. The molecule has 0 amide bonds. The molecular weight excluding hydrogens is 258 g/mol. The first kappa shape index (κ1) is 12.0. The molecule has 0 unspecified atom stereocenters. The molecule has 100 valence electrons. The van der Waals surface area contributed by atoms with Gasteiger partial charge in [0.25, 0.3) is 0 Å². The molecule has 20 heavy (non-hydrogen) atoms. The summed E-state index contributed by atoms with van der Waals surface area (Å²) >= 11 is 0. The summed E-state index contributed by atoms with van der Waals surface area (Å²) in [6, 6.07) is 9.90. The summed E-state index contributed by atoms with van der Waals surface area (Å²) in [6.07, 6.45) is 1.37. The van der Waals surface area contributed by atoms with Crippen LogP contribution in [0.15, 0.2) is 47.2 Å². The monoisotopic (exact) mass is 269 g/mol. The van der Waals surface area contributed by atoms with Crippen LogP contribution in [0.4, 0.5) is 17.1 Å². The van der Waals surface area contributed by atoms with Crippen molar-refractivity contribution in [2.45, 2.75) is 0 Å². The summed E-state index contributed by atoms with van der Waals surface area (Å²) in [4.78, 5) is 15.0. The van der Waals surface area contributed by atoms with E-state index in [1.54, 1.807) is 18.2 Å². The van der Waals surface area contributed by atoms with Crippen LogP contribution in [-0.2, 0) is 0 Å². The third-order valence-corrected chi connectivity index (χ3v) is 2.91. The van der Waals surface area contributed by atoms with Crippen molar-refractivity contribution in [1.82, 2.24) is 4.98 Å². The van der Waals surface area contributed by atoms with Crippen molar-refractivity contribution in [2.24, 2.45) is 0 Å². The summed E-state index contributed by atoms with van der Waals surface area (Å²) in [5.41, 5.74) is 9.14. The maximum Gasteiger partial charge on any atom is 0.335 e. The second kappa shape index (κ2) is 4.58. The van der Waals surface area contributed by atoms with Gasteiger partial charge in [0.1, 0.15) is 5.52 Å². The second-order valence-electron chi connectivity index (χ2n) is 4.27. The number of anilines is 3. The average Bonchev–Trinajstić information content (AvgIpc) is 2.88. The zero-order chi connectivity index (χ0) is 14.1. The van der Waals surface area contributed by atoms with E-state index in [-0.39, 0.29) is 5.56 Å². The van der Waals surface area contributed by atoms with E-state index in [0.717, 1.165) is 11.2 Å². The van der Waals surface area contributed by atoms with Crippen molar-refractivity contribution in [3.63, 3.8) is 0 Å². The van der Waals surface area contributed by atoms with E-state index in [2.05, 4.69) is 10.3 Å². The lowest BCUT2D eigenvalue weighted by Gasteiger charge is -2.10. The molecule has 6 nitrogen and oxygen atoms in total. The molecule has 0 aliphatic heterocycles. The van der Waals surface area contributed by atoms with Crippen LogP contribution in [-0.4, -0.2) is 16.1 Å². The molecule has 3 aromatic rings. The lowest BCUT2D eigenvalue weighted by atomic mass is 10.1. The van der Waals surface area contributed by atoms with Crippen molar-refractivity contribution < 1.29 is 14.3 Å². The molecule has 0 saturated heterocycles. The van der Waals surface area contributed by atoms with Gasteiger partial charge in [0.2, 0.25) is 0 Å². The van der Waals surface area contributed by atoms with E-state index in [4.69, 9.17) is 15.3 Å². The van der Waals surface area contributed by atoms with Gasteiger partial charge >= 0.3 is 5.97 Å². The Balaban J connectivity index is 1.97. The molecule has 0 spiro atoms. The highest BCUT2D eigenvalue weighted by Crippen LogP contribution is 2.26. The lowest BCUT2D eigenvalue weighted by molar-refractivity contribution is 0.0697. The minimum absolute atomic E-state index is 0.169. The highest BCUT2D eigenvalue weighted by molar-refractivity contribution is 5.91. The number of carboxylic acid groups (broad SMARTS) is 1. The first-order chi connectivity index (χ1) is 9.63. The van der Waals surface area contributed by atoms with Crippen molar-refractivity contribution >= 4 is 34.1 Å². The van der Waals surface area contributed by atoms with Gasteiger partial charge in [-0.15, -0.1) is 0 Å². The minimum Gasteiger partial charge on any atom is -0.478 e. The zero-order valence-electron chi connectivity index (χ0n) is 10.3. The Kier molecular flexibility index (Phi) is 2.76. The summed E-state index contributed by atoms with van der Waals surface area (Å²) in [5, 5.41) is 12.1. The number of nitrogen functional groups attached to an aromatic ring is 1. The third kappa shape index (κ3) is 2.14. The highest BCUT2D eigenvalue weighted by Gasteiger charge is 2.08. The van der Waals surface area contributed by atoms with Crippen LogP contribution in [0.3, 0.4) is 0 Å². The molecule has 4 N–H and O–H groups in total. The van der Waals surface area contributed by atoms with Gasteiger partial charge in [-0.25, -0.2) is 9.78 Å². The van der Waals surface area contributed by atoms with E-state index in [9.17, 15) is 4.79 Å². The fourth-order valence-corrected chi connectivity index (χ4v) is 1.89. The maximum absolute atomic E-state index is 11.0. The third-order valence-electron chi connectivity index (χ3n) is 2.91. The van der Waals surface area contributed by atoms with E-state index >= 15 is 0 Å². The summed E-state index contributed by atoms with van der Waals surface area (Å²) in [6.45, 7) is 0. The van der Waals surface area contributed by atoms with Gasteiger partial charge in [-0.3, -0.25) is 0 Å². The zero-order valence-corrected chi connectivity index (χ0v) is 10.3. The number of carboxylic acids is 1. The Morgan fingerprint density at radius 1 is 1.25 bits per heavy atom. The van der Waals surface area contributed by atoms with Crippen molar-refractivity contribution in [3.05, 3.63) is 48.4 Å². The number of aromatic carboxylic acids is 1. The first-order valence-electron chi connectivity index (χ1n) is 5.86. The number of carbonyl (C=O) groups is 1. The molecule has 0 aliphatic rings. The number of fused-ring (bicyclic) bond motifs is 1. The van der Waals surface area contributed by atoms with Crippen molar-refractivity contribution in [1.29, 1.82) is 0 Å². The Hall–Kier alpha value is -3.02. The molecule has 0 radical (unpaired) electrons. The standard InChI is InChI=1S/C14H11N3O3/c15-10-3-1-8(14(18)19)5-12(10)17-9-2-4-11-13(6-9)20-7-16-11/h1-7,17H,15H2,(H,18,19). The smallest absolute Gasteiger partial charge is 0.335 e. The van der Waals surface area contributed by atoms with E-state index in [1.807, 2.05) is 6.07 Å². The highest BCUT2D eigenvalue weighted by atomic mass is 16.4. The van der Waals surface area contributed by atoms with Gasteiger partial charge in [0.15, 0.2) is 12.0 Å². The summed E-state index contributed by atoms with van der Waals surface area (Å²) < 4.78 is 5.21. The number of hydrogen-bond acceptors (Lipinski definition) is 5. The van der Waals surface area contributed by atoms with Gasteiger partial charge in [-0.2, -0.15) is 0 Å². The van der Waals surface area contributed by atoms with Crippen LogP contribution in [0.25, 0.3) is 11.1 Å². The van der Waals surface area contributed by atoms with E-state index in [1.165, 1.54) is 18.5 Å². The predicted octanol–water partition coefficient (Wildman–Crippen LogP) is 2.85. The average molecular weight is 269 g/mol. The largest absolute Gasteiger partial charge is 0.478 e. The molecule has 6 heteroatoms. The topological polar surface area (TPSA) is 101 Å². The van der Waals surface area contributed by atoms with Crippen LogP contribution >= 0.6 is 0 Å². The van der Waals surface area contributed by atoms with Gasteiger partial charge in [-0.05, 0) is 30.3 Å². The number of benzene rings is 2. The van der Waals surface area contributed by atoms with Gasteiger partial charge in [0, 0.05) is 11.8 Å². The maximum atomic E-state index is 11.0. The predicted molar refractivity (Wildman–Crippen MR) is 75.1 cm³/mol. The van der Waals surface area contributed by atoms with Crippen LogP contribution in [0.2, 0.25) is 0 Å². The van der Waals surface area contributed by atoms with Gasteiger partial charge < -0.3 is 20.6 Å². The molecule has 0 fully saturated rings. The van der Waals surface area contributed by atoms with Gasteiger partial charge in [0.05, 0.1) is 16.9 Å². The Morgan fingerprint density at radius 3 is 2.90 bits per heavy atom. The number of rotatable bonds is 3. The molecule has 0 bridgehead atoms. The van der Waals surface area contributed by atoms with E-state index < -0.39 is 5.97 Å². The number of nitrogens with two attached hydrogens (primary N) is 1. The molecule has 1 heterocycles. The summed E-state index contributed by atoms with van der Waals surface area (Å²) in [5.74, 6) is -1.00. The molecule has 0 saturated carbocycles. The summed E-state index contributed by atoms with van der Waals surface area (Å²) in [7, 11) is 0. The van der Waals surface area contributed by atoms with Crippen molar-refractivity contribution in [2.75, 3.05) is 11.1 Å². The lowest BCUT2D eigenvalue weighted by Crippen LogP contribution is -2.01. The normalized spacial score (nSPS) is 10.6. The Labute approximate surface area is 113 Å². The quantitative estimate of drug-likeness (QED) is 0.632. The first-order valence-corrected chi connectivity index (χ1v) is 5.86. The van der Waals surface area contributed by atoms with Crippen LogP contribution in [0.1, 0.15) is 10.4 Å². The number of hydrogen-bond donors (Lipinski definition) is 3. The van der Waals surface area contributed by atoms with E-state index in [0.29, 0.717) is 17.0 Å². The molecule has 3 rings (SSSR count). The molecule has 2 aromatic carbocycles. The second-order valence-corrected chi connectivity index (χ2v) is 4.27. The molecule has 1 aromatic heterocycles. The number of nitrogens with zero attached hydrogens (tertiary/aromatic N) is 1. The van der Waals surface area contributed by atoms with Gasteiger partial charge in [-0.1, -0.05) is 0 Å². The number of nitrogens with one attached hydrogen (secondary N) is 1. The fraction of sp³-hybridized carbons (Fsp3) is 0. The fourth-order valence-electron chi connectivity index (χ4n) is 1.89. The molecule has 0 aliphatic carbocycles. The SMILES string of the molecule is Nc1ccc(C(=O)O)cc1Nc1ccc2ncoc2c1. The van der Waals surface area contributed by atoms with Crippen LogP contribution in [0.5, 0.6) is 0 Å². The van der Waals surface area contributed by atoms with Crippen LogP contribution in [0, 0.1) is 0 Å². The van der Waals surface area contributed by atoms with Crippen molar-refractivity contribution in [3.8, 4) is 0 Å². The number of aromatic nitrogens is 1. The molecular formula is C14H11N3O3. The Bertz CT molecular complexity index is 795. The molecule has 0 atom stereocenters. The minimum atomic E-state index is -1.00. The van der Waals surface area contributed by atoms with Crippen LogP contribution < -0.4 is 11.1 Å². The number of oxazole rings is 1.